The van der Waals surface area contributed by atoms with Gasteiger partial charge < -0.3 is 21.0 Å². The molecule has 1 heterocycles. The second kappa shape index (κ2) is 4.66. The van der Waals surface area contributed by atoms with Gasteiger partial charge in [0, 0.05) is 0 Å². The van der Waals surface area contributed by atoms with Gasteiger partial charge in [-0.15, -0.1) is 0 Å². The third-order valence-electron chi connectivity index (χ3n) is 2.81. The van der Waals surface area contributed by atoms with Crippen LogP contribution in [0.2, 0.25) is 0 Å². The molecule has 1 aromatic heterocycles. The topological polar surface area (TPSA) is 104 Å². The highest BCUT2D eigenvalue weighted by molar-refractivity contribution is 5.81. The summed E-state index contributed by atoms with van der Waals surface area (Å²) in [5.41, 5.74) is 7.63. The maximum atomic E-state index is 11.5. The van der Waals surface area contributed by atoms with Crippen LogP contribution in [-0.4, -0.2) is 21.9 Å². The van der Waals surface area contributed by atoms with Crippen molar-refractivity contribution in [3.63, 3.8) is 0 Å². The minimum Gasteiger partial charge on any atom is -0.348 e. The highest BCUT2D eigenvalue weighted by Gasteiger charge is 2.13. The van der Waals surface area contributed by atoms with Gasteiger partial charge in [0.15, 0.2) is 0 Å². The van der Waals surface area contributed by atoms with Crippen LogP contribution in [0.3, 0.4) is 0 Å². The summed E-state index contributed by atoms with van der Waals surface area (Å²) in [6.07, 6.45) is 0. The number of carbonyl (C=O) groups is 1. The molecule has 0 bridgehead atoms. The SMILES string of the molecule is CC(NC(=O)[C@@H](C)N)c1ccc2[nH]c(=O)[nH]c2c1. The molecule has 1 aromatic carbocycles. The van der Waals surface area contributed by atoms with Crippen molar-refractivity contribution in [1.29, 1.82) is 0 Å². The van der Waals surface area contributed by atoms with Crippen LogP contribution in [-0.2, 0) is 4.79 Å². The standard InChI is InChI=1S/C12H16N4O2/c1-6(13)11(17)14-7(2)8-3-4-9-10(5-8)16-12(18)15-9/h3-7H,13H2,1-2H3,(H,14,17)(H2,15,16,18)/t6-,7?/m1/s1. The third-order valence-corrected chi connectivity index (χ3v) is 2.81. The van der Waals surface area contributed by atoms with Gasteiger partial charge in [-0.3, -0.25) is 4.79 Å². The van der Waals surface area contributed by atoms with E-state index in [2.05, 4.69) is 15.3 Å². The Labute approximate surface area is 104 Å². The largest absolute Gasteiger partial charge is 0.348 e. The molecule has 2 rings (SSSR count). The molecule has 0 aliphatic heterocycles. The molecule has 0 fully saturated rings. The fourth-order valence-electron chi connectivity index (χ4n) is 1.75. The zero-order valence-corrected chi connectivity index (χ0v) is 10.3. The molecule has 1 amide bonds. The smallest absolute Gasteiger partial charge is 0.323 e. The summed E-state index contributed by atoms with van der Waals surface area (Å²) in [6.45, 7) is 3.50. The molecule has 1 unspecified atom stereocenters. The van der Waals surface area contributed by atoms with E-state index in [4.69, 9.17) is 5.73 Å². The number of aromatic amines is 2. The molecule has 0 aliphatic rings. The van der Waals surface area contributed by atoms with Gasteiger partial charge in [-0.05, 0) is 31.5 Å². The average molecular weight is 248 g/mol. The maximum absolute atomic E-state index is 11.5. The van der Waals surface area contributed by atoms with E-state index in [1.165, 1.54) is 0 Å². The Morgan fingerprint density at radius 1 is 1.28 bits per heavy atom. The molecular formula is C12H16N4O2. The minimum absolute atomic E-state index is 0.161. The van der Waals surface area contributed by atoms with Crippen molar-refractivity contribution in [3.8, 4) is 0 Å². The van der Waals surface area contributed by atoms with Crippen molar-refractivity contribution >= 4 is 16.9 Å². The molecular weight excluding hydrogens is 232 g/mol. The summed E-state index contributed by atoms with van der Waals surface area (Å²) in [5.74, 6) is -0.204. The van der Waals surface area contributed by atoms with E-state index < -0.39 is 6.04 Å². The number of fused-ring (bicyclic) bond motifs is 1. The summed E-state index contributed by atoms with van der Waals surface area (Å²) in [5, 5.41) is 2.80. The van der Waals surface area contributed by atoms with E-state index in [1.54, 1.807) is 13.0 Å². The number of aromatic nitrogens is 2. The first-order valence-electron chi connectivity index (χ1n) is 5.75. The monoisotopic (exact) mass is 248 g/mol. The molecule has 2 aromatic rings. The average Bonchev–Trinajstić information content (AvgIpc) is 2.67. The predicted molar refractivity (Wildman–Crippen MR) is 69.1 cm³/mol. The molecule has 0 spiro atoms. The van der Waals surface area contributed by atoms with Crippen molar-refractivity contribution in [1.82, 2.24) is 15.3 Å². The van der Waals surface area contributed by atoms with Gasteiger partial charge in [0.2, 0.25) is 5.91 Å². The molecule has 96 valence electrons. The second-order valence-electron chi connectivity index (χ2n) is 4.40. The van der Waals surface area contributed by atoms with Crippen molar-refractivity contribution in [2.45, 2.75) is 25.9 Å². The van der Waals surface area contributed by atoms with Gasteiger partial charge in [-0.25, -0.2) is 4.79 Å². The normalized spacial score (nSPS) is 14.4. The first-order chi connectivity index (χ1) is 8.47. The number of nitrogens with one attached hydrogen (secondary N) is 3. The first-order valence-corrected chi connectivity index (χ1v) is 5.75. The van der Waals surface area contributed by atoms with Crippen LogP contribution in [0.4, 0.5) is 0 Å². The number of rotatable bonds is 3. The van der Waals surface area contributed by atoms with E-state index in [1.807, 2.05) is 19.1 Å². The van der Waals surface area contributed by atoms with Crippen LogP contribution in [0.25, 0.3) is 11.0 Å². The second-order valence-corrected chi connectivity index (χ2v) is 4.40. The molecule has 5 N–H and O–H groups in total. The number of benzene rings is 1. The number of nitrogens with two attached hydrogens (primary N) is 1. The Balaban J connectivity index is 2.24. The van der Waals surface area contributed by atoms with Crippen LogP contribution in [0, 0.1) is 0 Å². The molecule has 18 heavy (non-hydrogen) atoms. The van der Waals surface area contributed by atoms with Gasteiger partial charge in [0.1, 0.15) is 0 Å². The Bertz CT molecular complexity index is 626. The van der Waals surface area contributed by atoms with Crippen molar-refractivity contribution in [2.24, 2.45) is 5.73 Å². The molecule has 0 aliphatic carbocycles. The lowest BCUT2D eigenvalue weighted by atomic mass is 10.1. The lowest BCUT2D eigenvalue weighted by Crippen LogP contribution is -2.39. The Kier molecular flexibility index (Phi) is 3.20. The molecule has 0 saturated carbocycles. The number of imidazole rings is 1. The fraction of sp³-hybridized carbons (Fsp3) is 0.333. The van der Waals surface area contributed by atoms with Crippen LogP contribution in [0.15, 0.2) is 23.0 Å². The Hall–Kier alpha value is -2.08. The van der Waals surface area contributed by atoms with E-state index in [-0.39, 0.29) is 17.6 Å². The fourth-order valence-corrected chi connectivity index (χ4v) is 1.75. The molecule has 6 nitrogen and oxygen atoms in total. The van der Waals surface area contributed by atoms with Gasteiger partial charge in [0.05, 0.1) is 23.1 Å². The van der Waals surface area contributed by atoms with Crippen LogP contribution in [0.1, 0.15) is 25.5 Å². The lowest BCUT2D eigenvalue weighted by Gasteiger charge is -2.15. The summed E-state index contributed by atoms with van der Waals surface area (Å²) in [6, 6.07) is 4.80. The third kappa shape index (κ3) is 2.43. The van der Waals surface area contributed by atoms with Crippen LogP contribution < -0.4 is 16.7 Å². The highest BCUT2D eigenvalue weighted by atomic mass is 16.2. The van der Waals surface area contributed by atoms with Gasteiger partial charge in [0.25, 0.3) is 0 Å². The van der Waals surface area contributed by atoms with Crippen molar-refractivity contribution in [2.75, 3.05) is 0 Å². The van der Waals surface area contributed by atoms with E-state index in [0.717, 1.165) is 16.6 Å². The molecule has 6 heteroatoms. The maximum Gasteiger partial charge on any atom is 0.323 e. The predicted octanol–water partition coefficient (Wildman–Crippen LogP) is 0.381. The van der Waals surface area contributed by atoms with Gasteiger partial charge in [-0.1, -0.05) is 6.07 Å². The number of hydrogen-bond acceptors (Lipinski definition) is 3. The van der Waals surface area contributed by atoms with Gasteiger partial charge >= 0.3 is 5.69 Å². The van der Waals surface area contributed by atoms with Gasteiger partial charge in [-0.2, -0.15) is 0 Å². The lowest BCUT2D eigenvalue weighted by molar-refractivity contribution is -0.122. The number of amides is 1. The summed E-state index contributed by atoms with van der Waals surface area (Å²) in [4.78, 5) is 28.0. The van der Waals surface area contributed by atoms with E-state index in [0.29, 0.717) is 0 Å². The number of carbonyl (C=O) groups excluding carboxylic acids is 1. The number of hydrogen-bond donors (Lipinski definition) is 4. The molecule has 0 saturated heterocycles. The molecule has 0 radical (unpaired) electrons. The summed E-state index contributed by atoms with van der Waals surface area (Å²) in [7, 11) is 0. The van der Waals surface area contributed by atoms with Crippen LogP contribution in [0.5, 0.6) is 0 Å². The zero-order valence-electron chi connectivity index (χ0n) is 10.3. The summed E-state index contributed by atoms with van der Waals surface area (Å²) >= 11 is 0. The highest BCUT2D eigenvalue weighted by Crippen LogP contribution is 2.16. The van der Waals surface area contributed by atoms with E-state index in [9.17, 15) is 9.59 Å². The van der Waals surface area contributed by atoms with Crippen molar-refractivity contribution in [3.05, 3.63) is 34.2 Å². The molecule has 2 atom stereocenters. The first kappa shape index (κ1) is 12.4. The minimum atomic E-state index is -0.539. The zero-order chi connectivity index (χ0) is 13.3. The van der Waals surface area contributed by atoms with E-state index >= 15 is 0 Å². The number of H-pyrrole nitrogens is 2. The Morgan fingerprint density at radius 2 is 1.94 bits per heavy atom. The van der Waals surface area contributed by atoms with Crippen molar-refractivity contribution < 1.29 is 4.79 Å². The quantitative estimate of drug-likeness (QED) is 0.631. The van der Waals surface area contributed by atoms with Crippen LogP contribution >= 0.6 is 0 Å². The summed E-state index contributed by atoms with van der Waals surface area (Å²) < 4.78 is 0. The Morgan fingerprint density at radius 3 is 2.61 bits per heavy atom.